The van der Waals surface area contributed by atoms with Crippen molar-refractivity contribution in [3.8, 4) is 0 Å². The van der Waals surface area contributed by atoms with Crippen molar-refractivity contribution in [2.24, 2.45) is 17.0 Å². The van der Waals surface area contributed by atoms with Crippen LogP contribution in [0.5, 0.6) is 0 Å². The van der Waals surface area contributed by atoms with E-state index in [4.69, 9.17) is 5.21 Å². The summed E-state index contributed by atoms with van der Waals surface area (Å²) in [4.78, 5) is 0. The number of oxime groups is 1. The van der Waals surface area contributed by atoms with Gasteiger partial charge in [0, 0.05) is 5.92 Å². The van der Waals surface area contributed by atoms with Gasteiger partial charge in [-0.15, -0.1) is 0 Å². The van der Waals surface area contributed by atoms with Crippen LogP contribution in [0.2, 0.25) is 0 Å². The van der Waals surface area contributed by atoms with Crippen LogP contribution in [0, 0.1) is 11.8 Å². The van der Waals surface area contributed by atoms with Crippen LogP contribution in [-0.4, -0.2) is 10.9 Å². The largest absolute Gasteiger partial charge is 0.411 e. The van der Waals surface area contributed by atoms with Crippen LogP contribution in [0.3, 0.4) is 0 Å². The fourth-order valence-electron chi connectivity index (χ4n) is 2.72. The molecule has 0 spiro atoms. The zero-order valence-electron chi connectivity index (χ0n) is 7.50. The van der Waals surface area contributed by atoms with Crippen molar-refractivity contribution in [3.05, 3.63) is 0 Å². The van der Waals surface area contributed by atoms with Gasteiger partial charge >= 0.3 is 0 Å². The zero-order chi connectivity index (χ0) is 8.39. The lowest BCUT2D eigenvalue weighted by molar-refractivity contribution is 0.312. The van der Waals surface area contributed by atoms with Gasteiger partial charge in [-0.05, 0) is 25.2 Å². The molecule has 0 aromatic rings. The molecule has 2 aliphatic carbocycles. The monoisotopic (exact) mass is 167 g/mol. The van der Waals surface area contributed by atoms with E-state index in [1.165, 1.54) is 38.5 Å². The Bertz CT molecular complexity index is 178. The Hall–Kier alpha value is -0.530. The standard InChI is InChI=1S/C10H17NO/c12-11-10-7-8-3-1-5-9(10)6-2-4-8/h8-9,12H,1-7H2/b11-10+. The summed E-state index contributed by atoms with van der Waals surface area (Å²) in [5.41, 5.74) is 1.09. The molecule has 0 heterocycles. The van der Waals surface area contributed by atoms with Crippen LogP contribution in [0.4, 0.5) is 0 Å². The summed E-state index contributed by atoms with van der Waals surface area (Å²) in [6.07, 6.45) is 8.99. The van der Waals surface area contributed by atoms with Crippen molar-refractivity contribution in [2.75, 3.05) is 0 Å². The molecule has 0 atom stereocenters. The van der Waals surface area contributed by atoms with Gasteiger partial charge in [0.1, 0.15) is 0 Å². The molecule has 0 aromatic carbocycles. The number of hydrogen-bond donors (Lipinski definition) is 1. The molecule has 2 heteroatoms. The van der Waals surface area contributed by atoms with Gasteiger partial charge in [0.05, 0.1) is 5.71 Å². The van der Waals surface area contributed by atoms with Crippen LogP contribution in [0.1, 0.15) is 44.9 Å². The van der Waals surface area contributed by atoms with Crippen LogP contribution >= 0.6 is 0 Å². The van der Waals surface area contributed by atoms with E-state index in [2.05, 4.69) is 5.16 Å². The minimum absolute atomic E-state index is 0.613. The first-order chi connectivity index (χ1) is 5.90. The molecule has 0 aromatic heterocycles. The molecule has 0 amide bonds. The number of hydrogen-bond acceptors (Lipinski definition) is 2. The SMILES string of the molecule is O/N=C1\CC2CCCC1CCC2. The smallest absolute Gasteiger partial charge is 0.0604 e. The third kappa shape index (κ3) is 1.47. The minimum Gasteiger partial charge on any atom is -0.411 e. The Labute approximate surface area is 73.7 Å². The van der Waals surface area contributed by atoms with Gasteiger partial charge in [0.2, 0.25) is 0 Å². The molecule has 0 radical (unpaired) electrons. The predicted octanol–water partition coefficient (Wildman–Crippen LogP) is 2.81. The molecule has 68 valence electrons. The lowest BCUT2D eigenvalue weighted by Gasteiger charge is -2.13. The third-order valence-electron chi connectivity index (χ3n) is 3.43. The van der Waals surface area contributed by atoms with Crippen molar-refractivity contribution in [3.63, 3.8) is 0 Å². The van der Waals surface area contributed by atoms with Crippen molar-refractivity contribution < 1.29 is 5.21 Å². The predicted molar refractivity (Wildman–Crippen MR) is 48.5 cm³/mol. The Morgan fingerprint density at radius 2 is 1.75 bits per heavy atom. The molecule has 0 saturated heterocycles. The van der Waals surface area contributed by atoms with Crippen LogP contribution in [-0.2, 0) is 0 Å². The lowest BCUT2D eigenvalue weighted by atomic mass is 9.92. The lowest BCUT2D eigenvalue weighted by Crippen LogP contribution is -2.11. The maximum Gasteiger partial charge on any atom is 0.0604 e. The summed E-state index contributed by atoms with van der Waals surface area (Å²) in [5, 5.41) is 12.3. The topological polar surface area (TPSA) is 32.6 Å². The van der Waals surface area contributed by atoms with Crippen LogP contribution in [0.25, 0.3) is 0 Å². The summed E-state index contributed by atoms with van der Waals surface area (Å²) in [6.45, 7) is 0. The summed E-state index contributed by atoms with van der Waals surface area (Å²) < 4.78 is 0. The molecule has 2 nitrogen and oxygen atoms in total. The Kier molecular flexibility index (Phi) is 2.33. The molecule has 1 N–H and O–H groups in total. The van der Waals surface area contributed by atoms with Crippen LogP contribution < -0.4 is 0 Å². The van der Waals surface area contributed by atoms with Crippen molar-refractivity contribution in [2.45, 2.75) is 44.9 Å². The highest BCUT2D eigenvalue weighted by Crippen LogP contribution is 2.35. The Morgan fingerprint density at radius 1 is 1.08 bits per heavy atom. The van der Waals surface area contributed by atoms with E-state index >= 15 is 0 Å². The van der Waals surface area contributed by atoms with E-state index in [9.17, 15) is 0 Å². The summed E-state index contributed by atoms with van der Waals surface area (Å²) >= 11 is 0. The van der Waals surface area contributed by atoms with Gasteiger partial charge in [-0.3, -0.25) is 0 Å². The third-order valence-corrected chi connectivity index (χ3v) is 3.43. The molecule has 0 aliphatic heterocycles. The second kappa shape index (κ2) is 3.46. The molecule has 2 bridgehead atoms. The average Bonchev–Trinajstić information content (AvgIpc) is 2.33. The molecule has 2 saturated carbocycles. The van der Waals surface area contributed by atoms with E-state index in [1.54, 1.807) is 0 Å². The van der Waals surface area contributed by atoms with E-state index < -0.39 is 0 Å². The number of rotatable bonds is 0. The minimum atomic E-state index is 0.613. The van der Waals surface area contributed by atoms with Gasteiger partial charge in [0.15, 0.2) is 0 Å². The van der Waals surface area contributed by atoms with E-state index in [0.717, 1.165) is 18.1 Å². The molecule has 12 heavy (non-hydrogen) atoms. The molecule has 0 unspecified atom stereocenters. The van der Waals surface area contributed by atoms with Crippen molar-refractivity contribution in [1.82, 2.24) is 0 Å². The first kappa shape index (κ1) is 8.09. The van der Waals surface area contributed by atoms with Crippen LogP contribution in [0.15, 0.2) is 5.16 Å². The summed E-state index contributed by atoms with van der Waals surface area (Å²) in [5.74, 6) is 1.44. The highest BCUT2D eigenvalue weighted by molar-refractivity contribution is 5.86. The van der Waals surface area contributed by atoms with E-state index in [-0.39, 0.29) is 0 Å². The quantitative estimate of drug-likeness (QED) is 0.436. The van der Waals surface area contributed by atoms with Crippen molar-refractivity contribution >= 4 is 5.71 Å². The highest BCUT2D eigenvalue weighted by Gasteiger charge is 2.27. The maximum atomic E-state index is 8.85. The first-order valence-electron chi connectivity index (χ1n) is 5.11. The van der Waals surface area contributed by atoms with Gasteiger partial charge in [0.25, 0.3) is 0 Å². The van der Waals surface area contributed by atoms with Crippen molar-refractivity contribution in [1.29, 1.82) is 0 Å². The highest BCUT2D eigenvalue weighted by atomic mass is 16.4. The first-order valence-corrected chi connectivity index (χ1v) is 5.11. The van der Waals surface area contributed by atoms with E-state index in [1.807, 2.05) is 0 Å². The molecular weight excluding hydrogens is 150 g/mol. The van der Waals surface area contributed by atoms with Gasteiger partial charge in [-0.1, -0.05) is 30.8 Å². The Morgan fingerprint density at radius 3 is 2.33 bits per heavy atom. The molecule has 2 rings (SSSR count). The average molecular weight is 167 g/mol. The fraction of sp³-hybridized carbons (Fsp3) is 0.900. The maximum absolute atomic E-state index is 8.85. The normalized spacial score (nSPS) is 39.5. The summed E-state index contributed by atoms with van der Waals surface area (Å²) in [7, 11) is 0. The summed E-state index contributed by atoms with van der Waals surface area (Å²) in [6, 6.07) is 0. The second-order valence-corrected chi connectivity index (χ2v) is 4.22. The molecule has 2 fully saturated rings. The zero-order valence-corrected chi connectivity index (χ0v) is 7.50. The molecule has 2 aliphatic rings. The van der Waals surface area contributed by atoms with E-state index in [0.29, 0.717) is 5.92 Å². The second-order valence-electron chi connectivity index (χ2n) is 4.22. The number of nitrogens with zero attached hydrogens (tertiary/aromatic N) is 1. The van der Waals surface area contributed by atoms with Gasteiger partial charge in [-0.25, -0.2) is 0 Å². The van der Waals surface area contributed by atoms with Gasteiger partial charge < -0.3 is 5.21 Å². The van der Waals surface area contributed by atoms with Gasteiger partial charge in [-0.2, -0.15) is 0 Å². The fourth-order valence-corrected chi connectivity index (χ4v) is 2.72. The number of fused-ring (bicyclic) bond motifs is 3. The molecular formula is C10H17NO. The Balaban J connectivity index is 2.17.